The molecule has 1 N–H and O–H groups in total. The molecule has 0 radical (unpaired) electrons. The van der Waals surface area contributed by atoms with Gasteiger partial charge in [0.1, 0.15) is 0 Å². The Morgan fingerprint density at radius 1 is 0.892 bits per heavy atom. The summed E-state index contributed by atoms with van der Waals surface area (Å²) in [5, 5.41) is 1.54. The van der Waals surface area contributed by atoms with E-state index in [-0.39, 0.29) is 0 Å². The van der Waals surface area contributed by atoms with Gasteiger partial charge >= 0.3 is 0 Å². The van der Waals surface area contributed by atoms with Gasteiger partial charge in [-0.1, -0.05) is 73.8 Å². The second kappa shape index (κ2) is 9.45. The van der Waals surface area contributed by atoms with Crippen LogP contribution in [0.5, 0.6) is 0 Å². The van der Waals surface area contributed by atoms with Crippen LogP contribution in [-0.4, -0.2) is 4.98 Å². The Morgan fingerprint density at radius 2 is 1.68 bits per heavy atom. The second-order valence-corrected chi connectivity index (χ2v) is 15.6. The Bertz CT molecular complexity index is 1120. The molecule has 0 bridgehead atoms. The Labute approximate surface area is 228 Å². The lowest BCUT2D eigenvalue weighted by molar-refractivity contribution is -0.103. The van der Waals surface area contributed by atoms with Crippen molar-refractivity contribution >= 4 is 10.9 Å². The summed E-state index contributed by atoms with van der Waals surface area (Å²) < 4.78 is 0. The summed E-state index contributed by atoms with van der Waals surface area (Å²) in [5.74, 6) is 7.11. The molecule has 4 aliphatic carbocycles. The molecule has 2 aromatic rings. The van der Waals surface area contributed by atoms with Crippen LogP contribution in [0.1, 0.15) is 129 Å². The predicted octanol–water partition coefficient (Wildman–Crippen LogP) is 10.3. The van der Waals surface area contributed by atoms with E-state index in [9.17, 15) is 0 Å². The minimum atomic E-state index is 0.487. The number of fused-ring (bicyclic) bond motifs is 8. The number of rotatable bonds is 6. The molecule has 3 saturated carbocycles. The van der Waals surface area contributed by atoms with Gasteiger partial charge in [-0.2, -0.15) is 0 Å². The third-order valence-corrected chi connectivity index (χ3v) is 13.0. The summed E-state index contributed by atoms with van der Waals surface area (Å²) in [6.45, 7) is 17.6. The van der Waals surface area contributed by atoms with Crippen molar-refractivity contribution in [3.05, 3.63) is 35.0 Å². The van der Waals surface area contributed by atoms with E-state index in [0.29, 0.717) is 16.7 Å². The average molecular weight is 502 g/mol. The van der Waals surface area contributed by atoms with Crippen molar-refractivity contribution < 1.29 is 0 Å². The molecule has 3 fully saturated rings. The van der Waals surface area contributed by atoms with Crippen LogP contribution in [0.4, 0.5) is 0 Å². The van der Waals surface area contributed by atoms with Crippen LogP contribution in [0, 0.1) is 52.3 Å². The lowest BCUT2D eigenvalue weighted by Crippen LogP contribution is -2.54. The molecule has 37 heavy (non-hydrogen) atoms. The number of benzene rings is 1. The summed E-state index contributed by atoms with van der Waals surface area (Å²) >= 11 is 0. The molecule has 1 aromatic carbocycles. The molecular formula is C36H55N. The molecule has 0 unspecified atom stereocenters. The van der Waals surface area contributed by atoms with E-state index in [2.05, 4.69) is 71.6 Å². The van der Waals surface area contributed by atoms with E-state index < -0.39 is 0 Å². The molecule has 1 heterocycles. The normalized spacial score (nSPS) is 37.9. The molecule has 204 valence electrons. The standard InChI is InChI=1S/C36H55N/c1-22(2)9-8-10-24(5)30-14-15-31-27-13-12-26-20-34-29(21-36(26,7)32(27)17-18-35(30,31)6)28-19-25(23(3)4)11-16-33(28)37-34/h11,16,19,22-24,26-27,30-32,37H,8-10,12-15,17-18,20-21H2,1-7H3/t24-,26-,27+,30+,31-,32+,35+,36-/m0/s1. The molecule has 1 nitrogen and oxygen atoms in total. The molecule has 1 heteroatoms. The van der Waals surface area contributed by atoms with Crippen molar-refractivity contribution in [3.8, 4) is 0 Å². The van der Waals surface area contributed by atoms with Gasteiger partial charge in [0.05, 0.1) is 0 Å². The van der Waals surface area contributed by atoms with E-state index in [1.54, 1.807) is 16.6 Å². The number of aromatic nitrogens is 1. The molecule has 6 rings (SSSR count). The van der Waals surface area contributed by atoms with Crippen molar-refractivity contribution in [2.75, 3.05) is 0 Å². The lowest BCUT2D eigenvalue weighted by atomic mass is 9.44. The Kier molecular flexibility index (Phi) is 6.64. The highest BCUT2D eigenvalue weighted by Gasteiger charge is 2.60. The molecule has 0 spiro atoms. The summed E-state index contributed by atoms with van der Waals surface area (Å²) in [6, 6.07) is 7.24. The quantitative estimate of drug-likeness (QED) is 0.405. The van der Waals surface area contributed by atoms with Gasteiger partial charge < -0.3 is 4.98 Å². The monoisotopic (exact) mass is 501 g/mol. The largest absolute Gasteiger partial charge is 0.358 e. The minimum Gasteiger partial charge on any atom is -0.358 e. The van der Waals surface area contributed by atoms with Crippen LogP contribution in [0.2, 0.25) is 0 Å². The zero-order valence-electron chi connectivity index (χ0n) is 25.1. The van der Waals surface area contributed by atoms with Crippen LogP contribution in [0.15, 0.2) is 18.2 Å². The summed E-state index contributed by atoms with van der Waals surface area (Å²) in [5.41, 5.74) is 7.24. The van der Waals surface area contributed by atoms with Crippen LogP contribution in [0.25, 0.3) is 10.9 Å². The van der Waals surface area contributed by atoms with Crippen molar-refractivity contribution in [2.24, 2.45) is 52.3 Å². The summed E-state index contributed by atoms with van der Waals surface area (Å²) in [6.07, 6.45) is 15.9. The first-order valence-corrected chi connectivity index (χ1v) is 16.2. The molecule has 1 aromatic heterocycles. The van der Waals surface area contributed by atoms with Gasteiger partial charge in [-0.3, -0.25) is 0 Å². The SMILES string of the molecule is CC(C)CCC[C@H](C)[C@H]1CC[C@H]2[C@H]3CC[C@H]4Cc5[nH]c6ccc(C(C)C)cc6c5C[C@]4(C)[C@@H]3CC[C@]12C. The maximum Gasteiger partial charge on any atom is 0.0459 e. The number of hydrogen-bond donors (Lipinski definition) is 1. The van der Waals surface area contributed by atoms with Gasteiger partial charge in [-0.15, -0.1) is 0 Å². The van der Waals surface area contributed by atoms with Crippen LogP contribution < -0.4 is 0 Å². The molecule has 0 saturated heterocycles. The van der Waals surface area contributed by atoms with Gasteiger partial charge in [0.15, 0.2) is 0 Å². The molecule has 0 amide bonds. The van der Waals surface area contributed by atoms with Gasteiger partial charge in [-0.05, 0) is 133 Å². The fraction of sp³-hybridized carbons (Fsp3) is 0.778. The predicted molar refractivity (Wildman–Crippen MR) is 159 cm³/mol. The molecule has 0 aliphatic heterocycles. The highest BCUT2D eigenvalue weighted by molar-refractivity contribution is 5.86. The summed E-state index contributed by atoms with van der Waals surface area (Å²) in [4.78, 5) is 3.89. The first kappa shape index (κ1) is 26.0. The molecule has 8 atom stereocenters. The van der Waals surface area contributed by atoms with Gasteiger partial charge in [0.2, 0.25) is 0 Å². The third-order valence-electron chi connectivity index (χ3n) is 13.0. The second-order valence-electron chi connectivity index (χ2n) is 15.6. The highest BCUT2D eigenvalue weighted by atomic mass is 14.8. The Hall–Kier alpha value is -1.24. The average Bonchev–Trinajstić information content (AvgIpc) is 3.38. The maximum atomic E-state index is 3.89. The first-order chi connectivity index (χ1) is 17.6. The fourth-order valence-electron chi connectivity index (χ4n) is 10.9. The van der Waals surface area contributed by atoms with E-state index in [0.717, 1.165) is 41.4 Å². The topological polar surface area (TPSA) is 15.8 Å². The number of H-pyrrole nitrogens is 1. The van der Waals surface area contributed by atoms with Crippen molar-refractivity contribution in [2.45, 2.75) is 125 Å². The molecule has 4 aliphatic rings. The van der Waals surface area contributed by atoms with Gasteiger partial charge in [0, 0.05) is 16.6 Å². The fourth-order valence-corrected chi connectivity index (χ4v) is 10.9. The van der Waals surface area contributed by atoms with Crippen molar-refractivity contribution in [1.29, 1.82) is 0 Å². The van der Waals surface area contributed by atoms with Crippen molar-refractivity contribution in [3.63, 3.8) is 0 Å². The number of aromatic amines is 1. The highest BCUT2D eigenvalue weighted by Crippen LogP contribution is 2.68. The third kappa shape index (κ3) is 4.15. The van der Waals surface area contributed by atoms with Crippen molar-refractivity contribution in [1.82, 2.24) is 4.98 Å². The van der Waals surface area contributed by atoms with Crippen LogP contribution >= 0.6 is 0 Å². The van der Waals surface area contributed by atoms with Gasteiger partial charge in [-0.25, -0.2) is 0 Å². The smallest absolute Gasteiger partial charge is 0.0459 e. The Balaban J connectivity index is 1.25. The number of nitrogens with one attached hydrogen (secondary N) is 1. The van der Waals surface area contributed by atoms with E-state index in [1.807, 2.05) is 0 Å². The zero-order chi connectivity index (χ0) is 26.1. The van der Waals surface area contributed by atoms with E-state index in [4.69, 9.17) is 0 Å². The molecular weight excluding hydrogens is 446 g/mol. The van der Waals surface area contributed by atoms with Crippen LogP contribution in [-0.2, 0) is 12.8 Å². The van der Waals surface area contributed by atoms with E-state index in [1.165, 1.54) is 81.7 Å². The van der Waals surface area contributed by atoms with Gasteiger partial charge in [0.25, 0.3) is 0 Å². The number of hydrogen-bond acceptors (Lipinski definition) is 0. The summed E-state index contributed by atoms with van der Waals surface area (Å²) in [7, 11) is 0. The maximum absolute atomic E-state index is 3.89. The zero-order valence-corrected chi connectivity index (χ0v) is 25.1. The van der Waals surface area contributed by atoms with Crippen LogP contribution in [0.3, 0.4) is 0 Å². The Morgan fingerprint density at radius 3 is 2.43 bits per heavy atom. The van der Waals surface area contributed by atoms with E-state index >= 15 is 0 Å². The first-order valence-electron chi connectivity index (χ1n) is 16.2. The minimum absolute atomic E-state index is 0.487. The lowest BCUT2D eigenvalue weighted by Gasteiger charge is -2.60.